The molecule has 0 spiro atoms. The summed E-state index contributed by atoms with van der Waals surface area (Å²) in [6, 6.07) is 15.0. The largest absolute Gasteiger partial charge is 0.462 e. The van der Waals surface area contributed by atoms with Gasteiger partial charge in [-0.3, -0.25) is 0 Å². The number of anilines is 1. The Hall–Kier alpha value is -3.50. The fourth-order valence-electron chi connectivity index (χ4n) is 2.44. The summed E-state index contributed by atoms with van der Waals surface area (Å²) in [7, 11) is 0. The van der Waals surface area contributed by atoms with Crippen molar-refractivity contribution in [1.82, 2.24) is 4.98 Å². The molecular formula is C21H16FN3O2S. The van der Waals surface area contributed by atoms with Gasteiger partial charge in [0.15, 0.2) is 0 Å². The molecule has 0 aliphatic heterocycles. The van der Waals surface area contributed by atoms with Crippen LogP contribution in [0.5, 0.6) is 0 Å². The second-order valence-electron chi connectivity index (χ2n) is 5.62. The van der Waals surface area contributed by atoms with Crippen molar-refractivity contribution in [1.29, 1.82) is 5.26 Å². The van der Waals surface area contributed by atoms with Crippen LogP contribution < -0.4 is 5.32 Å². The summed E-state index contributed by atoms with van der Waals surface area (Å²) >= 11 is 1.31. The van der Waals surface area contributed by atoms with Crippen molar-refractivity contribution in [3.63, 3.8) is 0 Å². The number of allylic oxidation sites excluding steroid dienone is 1. The first kappa shape index (κ1) is 19.3. The molecule has 5 nitrogen and oxygen atoms in total. The van der Waals surface area contributed by atoms with E-state index in [2.05, 4.69) is 16.4 Å². The average Bonchev–Trinajstić information content (AvgIpc) is 3.19. The van der Waals surface area contributed by atoms with E-state index in [1.165, 1.54) is 29.7 Å². The molecule has 1 aromatic heterocycles. The number of ether oxygens (including phenoxy) is 1. The third-order valence-corrected chi connectivity index (χ3v) is 4.67. The van der Waals surface area contributed by atoms with Gasteiger partial charge in [0, 0.05) is 17.1 Å². The van der Waals surface area contributed by atoms with Crippen LogP contribution in [0.15, 0.2) is 60.1 Å². The first-order chi connectivity index (χ1) is 13.6. The van der Waals surface area contributed by atoms with Gasteiger partial charge < -0.3 is 10.1 Å². The number of hydrogen-bond donors (Lipinski definition) is 1. The number of carbonyl (C=O) groups excluding carboxylic acids is 1. The van der Waals surface area contributed by atoms with E-state index >= 15 is 0 Å². The first-order valence-corrected chi connectivity index (χ1v) is 9.35. The molecular weight excluding hydrogens is 377 g/mol. The summed E-state index contributed by atoms with van der Waals surface area (Å²) < 4.78 is 18.1. The van der Waals surface area contributed by atoms with Gasteiger partial charge in [0.1, 0.15) is 22.5 Å². The lowest BCUT2D eigenvalue weighted by Crippen LogP contribution is -2.07. The number of thiazole rings is 1. The topological polar surface area (TPSA) is 75.0 Å². The van der Waals surface area contributed by atoms with Gasteiger partial charge in [0.05, 0.1) is 23.6 Å². The molecule has 0 radical (unpaired) electrons. The lowest BCUT2D eigenvalue weighted by Gasteiger charge is -2.08. The second-order valence-corrected chi connectivity index (χ2v) is 6.48. The Labute approximate surface area is 165 Å². The monoisotopic (exact) mass is 393 g/mol. The number of aromatic nitrogens is 1. The van der Waals surface area contributed by atoms with Crippen molar-refractivity contribution in [3.05, 3.63) is 76.5 Å². The number of carbonyl (C=O) groups is 1. The van der Waals surface area contributed by atoms with Crippen molar-refractivity contribution in [3.8, 4) is 17.3 Å². The molecule has 0 bridgehead atoms. The third kappa shape index (κ3) is 4.42. The predicted octanol–water partition coefficient (Wildman–Crippen LogP) is 5.10. The molecule has 0 atom stereocenters. The normalized spacial score (nSPS) is 11.0. The van der Waals surface area contributed by atoms with Crippen LogP contribution in [0.1, 0.15) is 22.3 Å². The number of para-hydroxylation sites is 1. The summed E-state index contributed by atoms with van der Waals surface area (Å²) in [5.74, 6) is -0.758. The van der Waals surface area contributed by atoms with Gasteiger partial charge in [0.25, 0.3) is 0 Å². The molecule has 0 unspecified atom stereocenters. The maximum Gasteiger partial charge on any atom is 0.340 e. The molecule has 0 saturated carbocycles. The highest BCUT2D eigenvalue weighted by Crippen LogP contribution is 2.26. The van der Waals surface area contributed by atoms with E-state index in [4.69, 9.17) is 4.74 Å². The number of nitrogens with zero attached hydrogens (tertiary/aromatic N) is 2. The van der Waals surface area contributed by atoms with Crippen LogP contribution in [0.4, 0.5) is 10.1 Å². The SMILES string of the molecule is CCOC(=O)c1ccccc1N/C=C(\C#N)c1nc(-c2ccc(F)cc2)cs1. The molecule has 3 aromatic rings. The van der Waals surface area contributed by atoms with Gasteiger partial charge >= 0.3 is 5.97 Å². The molecule has 2 aromatic carbocycles. The molecule has 0 saturated heterocycles. The van der Waals surface area contributed by atoms with Gasteiger partial charge in [-0.05, 0) is 43.3 Å². The van der Waals surface area contributed by atoms with Crippen LogP contribution in [0.3, 0.4) is 0 Å². The van der Waals surface area contributed by atoms with Crippen LogP contribution in [0, 0.1) is 17.1 Å². The quantitative estimate of drug-likeness (QED) is 0.466. The van der Waals surface area contributed by atoms with E-state index in [1.54, 1.807) is 48.7 Å². The number of esters is 1. The smallest absolute Gasteiger partial charge is 0.340 e. The minimum absolute atomic E-state index is 0.276. The van der Waals surface area contributed by atoms with Crippen LogP contribution in [0.2, 0.25) is 0 Å². The van der Waals surface area contributed by atoms with E-state index in [0.717, 1.165) is 5.56 Å². The molecule has 7 heteroatoms. The predicted molar refractivity (Wildman–Crippen MR) is 107 cm³/mol. The standard InChI is InChI=1S/C21H16FN3O2S/c1-2-27-21(26)17-5-3-4-6-18(17)24-12-15(11-23)20-25-19(13-28-20)14-7-9-16(22)10-8-14/h3-10,12-13,24H,2H2,1H3/b15-12+. The number of benzene rings is 2. The van der Waals surface area contributed by atoms with Crippen LogP contribution >= 0.6 is 11.3 Å². The van der Waals surface area contributed by atoms with E-state index in [1.807, 2.05) is 0 Å². The van der Waals surface area contributed by atoms with Crippen molar-refractivity contribution in [2.75, 3.05) is 11.9 Å². The van der Waals surface area contributed by atoms with E-state index in [-0.39, 0.29) is 12.4 Å². The van der Waals surface area contributed by atoms with Crippen molar-refractivity contribution in [2.45, 2.75) is 6.92 Å². The van der Waals surface area contributed by atoms with Crippen LogP contribution in [-0.4, -0.2) is 17.6 Å². The molecule has 0 amide bonds. The highest BCUT2D eigenvalue weighted by molar-refractivity contribution is 7.11. The number of rotatable bonds is 6. The first-order valence-electron chi connectivity index (χ1n) is 8.47. The Morgan fingerprint density at radius 1 is 1.29 bits per heavy atom. The Morgan fingerprint density at radius 2 is 2.04 bits per heavy atom. The minimum atomic E-state index is -0.439. The number of halogens is 1. The highest BCUT2D eigenvalue weighted by atomic mass is 32.1. The molecule has 3 rings (SSSR count). The zero-order valence-electron chi connectivity index (χ0n) is 15.0. The van der Waals surface area contributed by atoms with Crippen molar-refractivity contribution >= 4 is 28.6 Å². The molecule has 28 heavy (non-hydrogen) atoms. The molecule has 0 aliphatic rings. The van der Waals surface area contributed by atoms with E-state index < -0.39 is 5.97 Å². The molecule has 1 N–H and O–H groups in total. The average molecular weight is 393 g/mol. The number of nitriles is 1. The highest BCUT2D eigenvalue weighted by Gasteiger charge is 2.13. The Morgan fingerprint density at radius 3 is 2.75 bits per heavy atom. The zero-order valence-corrected chi connectivity index (χ0v) is 15.8. The summed E-state index contributed by atoms with van der Waals surface area (Å²) in [5, 5.41) is 14.8. The minimum Gasteiger partial charge on any atom is -0.462 e. The van der Waals surface area contributed by atoms with Crippen molar-refractivity contribution in [2.24, 2.45) is 0 Å². The molecule has 0 aliphatic carbocycles. The van der Waals surface area contributed by atoms with E-state index in [0.29, 0.717) is 27.5 Å². The Bertz CT molecular complexity index is 1050. The molecule has 0 fully saturated rings. The summed E-state index contributed by atoms with van der Waals surface area (Å²) in [4.78, 5) is 16.5. The van der Waals surface area contributed by atoms with Gasteiger partial charge in [-0.2, -0.15) is 5.26 Å². The van der Waals surface area contributed by atoms with Crippen LogP contribution in [0.25, 0.3) is 16.8 Å². The summed E-state index contributed by atoms with van der Waals surface area (Å²) in [6.45, 7) is 2.01. The second kappa shape index (κ2) is 8.93. The lowest BCUT2D eigenvalue weighted by atomic mass is 10.1. The molecule has 1 heterocycles. The van der Waals surface area contributed by atoms with E-state index in [9.17, 15) is 14.4 Å². The van der Waals surface area contributed by atoms with Gasteiger partial charge in [0.2, 0.25) is 0 Å². The zero-order chi connectivity index (χ0) is 19.9. The lowest BCUT2D eigenvalue weighted by molar-refractivity contribution is 0.0527. The maximum atomic E-state index is 13.1. The molecule has 140 valence electrons. The van der Waals surface area contributed by atoms with Gasteiger partial charge in [-0.25, -0.2) is 14.2 Å². The fourth-order valence-corrected chi connectivity index (χ4v) is 3.23. The Balaban J connectivity index is 1.83. The number of nitrogens with one attached hydrogen (secondary N) is 1. The summed E-state index contributed by atoms with van der Waals surface area (Å²) in [6.07, 6.45) is 1.51. The van der Waals surface area contributed by atoms with Crippen molar-refractivity contribution < 1.29 is 13.9 Å². The Kier molecular flexibility index (Phi) is 6.14. The van der Waals surface area contributed by atoms with Gasteiger partial charge in [-0.15, -0.1) is 11.3 Å². The fraction of sp³-hybridized carbons (Fsp3) is 0.0952. The van der Waals surface area contributed by atoms with Gasteiger partial charge in [-0.1, -0.05) is 12.1 Å². The maximum absolute atomic E-state index is 13.1. The van der Waals surface area contributed by atoms with Crippen LogP contribution in [-0.2, 0) is 4.74 Å². The third-order valence-electron chi connectivity index (χ3n) is 3.79. The summed E-state index contributed by atoms with van der Waals surface area (Å²) in [5.41, 5.74) is 2.65. The number of hydrogen-bond acceptors (Lipinski definition) is 6.